The fourth-order valence-corrected chi connectivity index (χ4v) is 2.86. The molecule has 86 valence electrons. The van der Waals surface area contributed by atoms with Gasteiger partial charge < -0.3 is 9.84 Å². The molecule has 1 saturated carbocycles. The second-order valence-electron chi connectivity index (χ2n) is 4.06. The minimum atomic E-state index is -0.721. The fourth-order valence-electron chi connectivity index (χ4n) is 1.55. The molecule has 1 N–H and O–H groups in total. The van der Waals surface area contributed by atoms with Crippen LogP contribution in [0.3, 0.4) is 0 Å². The topological polar surface area (TPSA) is 46.5 Å². The predicted molar refractivity (Wildman–Crippen MR) is 63.2 cm³/mol. The normalized spacial score (nSPS) is 16.9. The Morgan fingerprint density at radius 2 is 2.19 bits per heavy atom. The quantitative estimate of drug-likeness (QED) is 0.876. The molecule has 0 unspecified atom stereocenters. The van der Waals surface area contributed by atoms with E-state index in [2.05, 4.69) is 0 Å². The molecule has 0 aliphatic heterocycles. The van der Waals surface area contributed by atoms with Crippen molar-refractivity contribution < 1.29 is 14.6 Å². The lowest BCUT2D eigenvalue weighted by molar-refractivity contribution is -0.137. The number of carboxylic acids is 1. The molecule has 1 fully saturated rings. The second kappa shape index (κ2) is 4.01. The van der Waals surface area contributed by atoms with Crippen molar-refractivity contribution in [1.29, 1.82) is 0 Å². The third-order valence-corrected chi connectivity index (χ3v) is 4.23. The molecular weight excluding hydrogens is 224 g/mol. The summed E-state index contributed by atoms with van der Waals surface area (Å²) in [5, 5.41) is 9.14. The molecule has 0 heterocycles. The zero-order valence-electron chi connectivity index (χ0n) is 9.32. The molecule has 0 aromatic heterocycles. The molecule has 1 aliphatic rings. The summed E-state index contributed by atoms with van der Waals surface area (Å²) < 4.78 is 4.63. The summed E-state index contributed by atoms with van der Waals surface area (Å²) in [5.74, 6) is 0.0317. The summed E-state index contributed by atoms with van der Waals surface area (Å²) in [5.41, 5.74) is 1.12. The summed E-state index contributed by atoms with van der Waals surface area (Å²) in [6, 6.07) is 5.82. The Balaban J connectivity index is 2.27. The smallest absolute Gasteiger partial charge is 0.320 e. The molecule has 1 aliphatic carbocycles. The second-order valence-corrected chi connectivity index (χ2v) is 5.48. The first-order valence-electron chi connectivity index (χ1n) is 5.14. The number of aliphatic carboxylic acids is 1. The van der Waals surface area contributed by atoms with Gasteiger partial charge in [-0.2, -0.15) is 0 Å². The van der Waals surface area contributed by atoms with E-state index in [1.54, 1.807) is 7.11 Å². The summed E-state index contributed by atoms with van der Waals surface area (Å²) in [7, 11) is 1.61. The largest absolute Gasteiger partial charge is 0.496 e. The van der Waals surface area contributed by atoms with Gasteiger partial charge in [-0.1, -0.05) is 6.07 Å². The van der Waals surface area contributed by atoms with Gasteiger partial charge in [0.15, 0.2) is 0 Å². The summed E-state index contributed by atoms with van der Waals surface area (Å²) in [4.78, 5) is 12.0. The van der Waals surface area contributed by atoms with E-state index < -0.39 is 10.7 Å². The molecule has 0 amide bonds. The number of carboxylic acid groups (broad SMARTS) is 1. The van der Waals surface area contributed by atoms with Gasteiger partial charge in [0.25, 0.3) is 0 Å². The summed E-state index contributed by atoms with van der Waals surface area (Å²) in [6.07, 6.45) is 1.48. The number of aryl methyl sites for hydroxylation is 1. The van der Waals surface area contributed by atoms with Crippen molar-refractivity contribution in [2.24, 2.45) is 0 Å². The zero-order chi connectivity index (χ0) is 11.8. The maximum Gasteiger partial charge on any atom is 0.320 e. The van der Waals surface area contributed by atoms with Crippen molar-refractivity contribution in [2.45, 2.75) is 29.4 Å². The van der Waals surface area contributed by atoms with Crippen LogP contribution in [-0.4, -0.2) is 22.9 Å². The van der Waals surface area contributed by atoms with Gasteiger partial charge in [0.2, 0.25) is 0 Å². The van der Waals surface area contributed by atoms with Crippen LogP contribution < -0.4 is 4.74 Å². The molecule has 3 nitrogen and oxygen atoms in total. The Labute approximate surface area is 98.8 Å². The van der Waals surface area contributed by atoms with E-state index in [0.717, 1.165) is 29.1 Å². The van der Waals surface area contributed by atoms with Crippen molar-refractivity contribution in [3.63, 3.8) is 0 Å². The van der Waals surface area contributed by atoms with Gasteiger partial charge in [-0.05, 0) is 37.5 Å². The Hall–Kier alpha value is -1.16. The molecule has 1 aromatic rings. The molecular formula is C12H14O3S. The van der Waals surface area contributed by atoms with Crippen molar-refractivity contribution >= 4 is 17.7 Å². The van der Waals surface area contributed by atoms with Gasteiger partial charge in [-0.25, -0.2) is 0 Å². The van der Waals surface area contributed by atoms with E-state index in [9.17, 15) is 4.79 Å². The van der Waals surface area contributed by atoms with Crippen LogP contribution in [0, 0.1) is 6.92 Å². The first-order valence-corrected chi connectivity index (χ1v) is 5.96. The Bertz CT molecular complexity index is 424. The lowest BCUT2D eigenvalue weighted by Crippen LogP contribution is -2.17. The van der Waals surface area contributed by atoms with Gasteiger partial charge in [0.05, 0.1) is 12.0 Å². The van der Waals surface area contributed by atoms with Gasteiger partial charge in [0, 0.05) is 0 Å². The van der Waals surface area contributed by atoms with E-state index in [-0.39, 0.29) is 0 Å². The van der Waals surface area contributed by atoms with Crippen LogP contribution in [0.4, 0.5) is 0 Å². The lowest BCUT2D eigenvalue weighted by atomic mass is 10.2. The monoisotopic (exact) mass is 238 g/mol. The number of hydrogen-bond acceptors (Lipinski definition) is 3. The molecule has 0 bridgehead atoms. The SMILES string of the molecule is COc1ccc(C)cc1SC1(C(=O)O)CC1. The van der Waals surface area contributed by atoms with E-state index in [0.29, 0.717) is 0 Å². The highest BCUT2D eigenvalue weighted by Crippen LogP contribution is 2.53. The van der Waals surface area contributed by atoms with E-state index in [4.69, 9.17) is 9.84 Å². The van der Waals surface area contributed by atoms with Crippen molar-refractivity contribution in [3.05, 3.63) is 23.8 Å². The highest BCUT2D eigenvalue weighted by molar-refractivity contribution is 8.01. The van der Waals surface area contributed by atoms with E-state index in [1.165, 1.54) is 11.8 Å². The molecule has 0 radical (unpaired) electrons. The molecule has 1 aromatic carbocycles. The molecule has 16 heavy (non-hydrogen) atoms. The Morgan fingerprint density at radius 3 is 2.69 bits per heavy atom. The third-order valence-electron chi connectivity index (χ3n) is 2.72. The maximum atomic E-state index is 11.1. The van der Waals surface area contributed by atoms with Gasteiger partial charge in [0.1, 0.15) is 10.5 Å². The zero-order valence-corrected chi connectivity index (χ0v) is 10.1. The fraction of sp³-hybridized carbons (Fsp3) is 0.417. The number of hydrogen-bond donors (Lipinski definition) is 1. The summed E-state index contributed by atoms with van der Waals surface area (Å²) >= 11 is 1.41. The van der Waals surface area contributed by atoms with Gasteiger partial charge in [-0.3, -0.25) is 4.79 Å². The molecule has 0 atom stereocenters. The van der Waals surface area contributed by atoms with Crippen LogP contribution in [0.15, 0.2) is 23.1 Å². The van der Waals surface area contributed by atoms with Crippen molar-refractivity contribution in [2.75, 3.05) is 7.11 Å². The van der Waals surface area contributed by atoms with Crippen LogP contribution in [0.5, 0.6) is 5.75 Å². The number of methoxy groups -OCH3 is 1. The van der Waals surface area contributed by atoms with Gasteiger partial charge >= 0.3 is 5.97 Å². The molecule has 0 spiro atoms. The van der Waals surface area contributed by atoms with E-state index in [1.807, 2.05) is 25.1 Å². The molecule has 0 saturated heterocycles. The molecule has 2 rings (SSSR count). The minimum Gasteiger partial charge on any atom is -0.496 e. The van der Waals surface area contributed by atoms with Crippen LogP contribution in [0.25, 0.3) is 0 Å². The minimum absolute atomic E-state index is 0.610. The van der Waals surface area contributed by atoms with Crippen LogP contribution in [0.2, 0.25) is 0 Å². The number of benzene rings is 1. The number of thioether (sulfide) groups is 1. The van der Waals surface area contributed by atoms with Crippen molar-refractivity contribution in [1.82, 2.24) is 0 Å². The van der Waals surface area contributed by atoms with Crippen LogP contribution in [0.1, 0.15) is 18.4 Å². The number of rotatable bonds is 4. The predicted octanol–water partition coefficient (Wildman–Crippen LogP) is 2.71. The van der Waals surface area contributed by atoms with Crippen LogP contribution >= 0.6 is 11.8 Å². The highest BCUT2D eigenvalue weighted by atomic mass is 32.2. The Morgan fingerprint density at radius 1 is 1.50 bits per heavy atom. The van der Waals surface area contributed by atoms with Crippen LogP contribution in [-0.2, 0) is 4.79 Å². The first-order chi connectivity index (χ1) is 7.57. The molecule has 4 heteroatoms. The standard InChI is InChI=1S/C12H14O3S/c1-8-3-4-9(15-2)10(7-8)16-12(5-6-12)11(13)14/h3-4,7H,5-6H2,1-2H3,(H,13,14). The van der Waals surface area contributed by atoms with E-state index >= 15 is 0 Å². The average molecular weight is 238 g/mol. The third kappa shape index (κ3) is 2.02. The number of ether oxygens (including phenoxy) is 1. The Kier molecular flexibility index (Phi) is 2.84. The van der Waals surface area contributed by atoms with Gasteiger partial charge in [-0.15, -0.1) is 11.8 Å². The average Bonchev–Trinajstić information content (AvgIpc) is 2.99. The maximum absolute atomic E-state index is 11.1. The summed E-state index contributed by atoms with van der Waals surface area (Å²) in [6.45, 7) is 1.99. The van der Waals surface area contributed by atoms with Crippen molar-refractivity contribution in [3.8, 4) is 5.75 Å². The first kappa shape index (κ1) is 11.3. The highest BCUT2D eigenvalue weighted by Gasteiger charge is 2.51. The number of carbonyl (C=O) groups is 1. The lowest BCUT2D eigenvalue weighted by Gasteiger charge is -2.13.